The standard InChI is InChI=1S/C9H10F2IN3O4/c10-9(11)6(16)4(3-18-12)19-7(9)15-2-1-5(13)14-8(15)17/h1-2,4,6-7,16H,3H2,(H2,13,14,17). The van der Waals surface area contributed by atoms with Crippen molar-refractivity contribution in [3.63, 3.8) is 0 Å². The minimum absolute atomic E-state index is 0.0877. The maximum absolute atomic E-state index is 13.9. The number of aliphatic hydroxyl groups is 1. The predicted octanol–water partition coefficient (Wildman–Crippen LogP) is 0.0857. The van der Waals surface area contributed by atoms with Gasteiger partial charge in [-0.1, -0.05) is 0 Å². The van der Waals surface area contributed by atoms with Gasteiger partial charge in [-0.2, -0.15) is 13.8 Å². The van der Waals surface area contributed by atoms with Crippen molar-refractivity contribution in [1.82, 2.24) is 9.55 Å². The molecule has 1 aliphatic heterocycles. The number of hydrogen-bond acceptors (Lipinski definition) is 6. The molecule has 0 radical (unpaired) electrons. The van der Waals surface area contributed by atoms with Crippen LogP contribution in [0.2, 0.25) is 0 Å². The molecule has 3 unspecified atom stereocenters. The molecule has 2 rings (SSSR count). The zero-order chi connectivity index (χ0) is 14.2. The molecular formula is C9H10F2IN3O4. The van der Waals surface area contributed by atoms with Gasteiger partial charge in [-0.3, -0.25) is 4.57 Å². The van der Waals surface area contributed by atoms with E-state index in [1.165, 1.54) is 29.1 Å². The number of nitrogens with two attached hydrogens (primary N) is 1. The number of nitrogens with zero attached hydrogens (tertiary/aromatic N) is 2. The summed E-state index contributed by atoms with van der Waals surface area (Å²) in [5, 5.41) is 9.51. The zero-order valence-electron chi connectivity index (χ0n) is 9.37. The molecule has 0 saturated carbocycles. The van der Waals surface area contributed by atoms with Crippen molar-refractivity contribution >= 4 is 28.8 Å². The predicted molar refractivity (Wildman–Crippen MR) is 67.7 cm³/mol. The van der Waals surface area contributed by atoms with Crippen LogP contribution in [-0.2, 0) is 7.80 Å². The number of anilines is 1. The lowest BCUT2D eigenvalue weighted by Gasteiger charge is -2.20. The second kappa shape index (κ2) is 5.26. The number of aromatic nitrogens is 2. The Morgan fingerprint density at radius 2 is 2.37 bits per heavy atom. The molecule has 1 aliphatic rings. The topological polar surface area (TPSA) is 99.6 Å². The first-order valence-electron chi connectivity index (χ1n) is 5.17. The maximum atomic E-state index is 13.9. The summed E-state index contributed by atoms with van der Waals surface area (Å²) in [6.07, 6.45) is -4.21. The fourth-order valence-corrected chi connectivity index (χ4v) is 2.13. The minimum atomic E-state index is -3.64. The van der Waals surface area contributed by atoms with Gasteiger partial charge in [0.1, 0.15) is 34.9 Å². The summed E-state index contributed by atoms with van der Waals surface area (Å²) in [6, 6.07) is 1.19. The highest BCUT2D eigenvalue weighted by molar-refractivity contribution is 14.1. The number of alkyl halides is 2. The highest BCUT2D eigenvalue weighted by Gasteiger charge is 2.59. The molecule has 3 atom stereocenters. The van der Waals surface area contributed by atoms with Crippen LogP contribution in [0.25, 0.3) is 0 Å². The molecule has 0 bridgehead atoms. The van der Waals surface area contributed by atoms with Gasteiger partial charge in [-0.15, -0.1) is 0 Å². The quantitative estimate of drug-likeness (QED) is 0.711. The Balaban J connectivity index is 2.36. The summed E-state index contributed by atoms with van der Waals surface area (Å²) >= 11 is 1.50. The van der Waals surface area contributed by atoms with E-state index >= 15 is 0 Å². The fourth-order valence-electron chi connectivity index (χ4n) is 1.77. The molecule has 0 spiro atoms. The number of halogens is 3. The van der Waals surface area contributed by atoms with Crippen LogP contribution in [0, 0.1) is 0 Å². The number of aliphatic hydroxyl groups excluding tert-OH is 1. The second-order valence-corrected chi connectivity index (χ2v) is 4.59. The van der Waals surface area contributed by atoms with Crippen molar-refractivity contribution in [2.45, 2.75) is 24.4 Å². The molecular weight excluding hydrogens is 379 g/mol. The second-order valence-electron chi connectivity index (χ2n) is 3.96. The minimum Gasteiger partial charge on any atom is -0.384 e. The Morgan fingerprint density at radius 1 is 1.68 bits per heavy atom. The van der Waals surface area contributed by atoms with Gasteiger partial charge < -0.3 is 18.6 Å². The van der Waals surface area contributed by atoms with Crippen molar-refractivity contribution in [1.29, 1.82) is 0 Å². The van der Waals surface area contributed by atoms with Gasteiger partial charge in [-0.05, 0) is 6.07 Å². The molecule has 0 amide bonds. The molecule has 19 heavy (non-hydrogen) atoms. The smallest absolute Gasteiger partial charge is 0.351 e. The van der Waals surface area contributed by atoms with Crippen LogP contribution in [0.3, 0.4) is 0 Å². The lowest BCUT2D eigenvalue weighted by atomic mass is 10.1. The van der Waals surface area contributed by atoms with E-state index in [9.17, 15) is 18.7 Å². The van der Waals surface area contributed by atoms with E-state index in [-0.39, 0.29) is 12.4 Å². The Kier molecular flexibility index (Phi) is 4.03. The van der Waals surface area contributed by atoms with Crippen molar-refractivity contribution < 1.29 is 21.7 Å². The van der Waals surface area contributed by atoms with Gasteiger partial charge in [0.25, 0.3) is 0 Å². The molecule has 1 aromatic rings. The van der Waals surface area contributed by atoms with Gasteiger partial charge in [0.2, 0.25) is 6.23 Å². The van der Waals surface area contributed by atoms with Crippen molar-refractivity contribution in [2.75, 3.05) is 12.3 Å². The molecule has 1 aromatic heterocycles. The Labute approximate surface area is 120 Å². The van der Waals surface area contributed by atoms with Gasteiger partial charge in [0.15, 0.2) is 6.10 Å². The summed E-state index contributed by atoms with van der Waals surface area (Å²) in [5.74, 6) is -3.73. The normalized spacial score (nSPS) is 29.6. The van der Waals surface area contributed by atoms with Crippen LogP contribution in [0.15, 0.2) is 17.1 Å². The number of ether oxygens (including phenoxy) is 1. The van der Waals surface area contributed by atoms with Crippen molar-refractivity contribution in [2.24, 2.45) is 0 Å². The summed E-state index contributed by atoms with van der Waals surface area (Å²) < 4.78 is 38.0. The van der Waals surface area contributed by atoms with Gasteiger partial charge >= 0.3 is 11.6 Å². The van der Waals surface area contributed by atoms with Crippen LogP contribution in [0.5, 0.6) is 0 Å². The molecule has 0 aliphatic carbocycles. The zero-order valence-corrected chi connectivity index (χ0v) is 11.5. The van der Waals surface area contributed by atoms with Crippen LogP contribution >= 0.6 is 23.0 Å². The van der Waals surface area contributed by atoms with Crippen LogP contribution < -0.4 is 11.4 Å². The maximum Gasteiger partial charge on any atom is 0.351 e. The monoisotopic (exact) mass is 389 g/mol. The molecule has 106 valence electrons. The molecule has 1 saturated heterocycles. The third kappa shape index (κ3) is 2.57. The summed E-state index contributed by atoms with van der Waals surface area (Å²) in [6.45, 7) is -0.231. The molecule has 0 aromatic carbocycles. The van der Waals surface area contributed by atoms with Gasteiger partial charge in [0.05, 0.1) is 6.61 Å². The first-order chi connectivity index (χ1) is 8.87. The van der Waals surface area contributed by atoms with E-state index < -0.39 is 30.0 Å². The van der Waals surface area contributed by atoms with E-state index in [2.05, 4.69) is 8.05 Å². The third-order valence-corrected chi connectivity index (χ3v) is 3.07. The largest absolute Gasteiger partial charge is 0.384 e. The van der Waals surface area contributed by atoms with E-state index in [0.29, 0.717) is 4.57 Å². The van der Waals surface area contributed by atoms with E-state index in [4.69, 9.17) is 10.5 Å². The fraction of sp³-hybridized carbons (Fsp3) is 0.556. The SMILES string of the molecule is Nc1ccn(C2OC(COI)C(O)C2(F)F)c(=O)n1. The molecule has 3 N–H and O–H groups in total. The van der Waals surface area contributed by atoms with Crippen LogP contribution in [-0.4, -0.2) is 39.4 Å². The number of hydrogen-bond donors (Lipinski definition) is 2. The molecule has 1 fully saturated rings. The first kappa shape index (κ1) is 14.6. The van der Waals surface area contributed by atoms with E-state index in [0.717, 1.165) is 6.20 Å². The average Bonchev–Trinajstić information content (AvgIpc) is 2.54. The van der Waals surface area contributed by atoms with Crippen LogP contribution in [0.1, 0.15) is 6.23 Å². The van der Waals surface area contributed by atoms with Gasteiger partial charge in [-0.25, -0.2) is 4.79 Å². The summed E-state index contributed by atoms with van der Waals surface area (Å²) in [5.41, 5.74) is 4.29. The molecule has 10 heteroatoms. The first-order valence-corrected chi connectivity index (χ1v) is 6.05. The molecule has 7 nitrogen and oxygen atoms in total. The Bertz CT molecular complexity index is 526. The van der Waals surface area contributed by atoms with Crippen molar-refractivity contribution in [3.8, 4) is 0 Å². The van der Waals surface area contributed by atoms with Gasteiger partial charge in [0, 0.05) is 6.20 Å². The summed E-state index contributed by atoms with van der Waals surface area (Å²) in [7, 11) is 0. The van der Waals surface area contributed by atoms with E-state index in [1.54, 1.807) is 0 Å². The van der Waals surface area contributed by atoms with E-state index in [1.807, 2.05) is 0 Å². The highest BCUT2D eigenvalue weighted by atomic mass is 127. The third-order valence-electron chi connectivity index (χ3n) is 2.71. The highest BCUT2D eigenvalue weighted by Crippen LogP contribution is 2.42. The van der Waals surface area contributed by atoms with Crippen LogP contribution in [0.4, 0.5) is 14.6 Å². The lowest BCUT2D eigenvalue weighted by Crippen LogP contribution is -2.41. The number of rotatable bonds is 3. The average molecular weight is 389 g/mol. The van der Waals surface area contributed by atoms with Crippen molar-refractivity contribution in [3.05, 3.63) is 22.7 Å². The Hall–Kier alpha value is -0.850. The number of nitrogen functional groups attached to an aromatic ring is 1. The summed E-state index contributed by atoms with van der Waals surface area (Å²) in [4.78, 5) is 14.9. The Morgan fingerprint density at radius 3 is 2.95 bits per heavy atom. The lowest BCUT2D eigenvalue weighted by molar-refractivity contribution is -0.140. The molecule has 2 heterocycles.